The van der Waals surface area contributed by atoms with Crippen molar-refractivity contribution in [3.05, 3.63) is 29.3 Å². The van der Waals surface area contributed by atoms with Gasteiger partial charge in [-0.1, -0.05) is 6.07 Å². The molecule has 18 heavy (non-hydrogen) atoms. The van der Waals surface area contributed by atoms with E-state index in [1.807, 2.05) is 0 Å². The number of nitrogens with two attached hydrogens (primary N) is 1. The van der Waals surface area contributed by atoms with Crippen molar-refractivity contribution in [2.24, 2.45) is 0 Å². The molecule has 0 saturated carbocycles. The fourth-order valence-corrected chi connectivity index (χ4v) is 1.39. The molecule has 0 aliphatic rings. The van der Waals surface area contributed by atoms with E-state index in [1.54, 1.807) is 32.0 Å². The van der Waals surface area contributed by atoms with Crippen LogP contribution in [0.4, 0.5) is 5.69 Å². The summed E-state index contributed by atoms with van der Waals surface area (Å²) in [5.41, 5.74) is 7.38. The molecular weight excluding hydrogens is 256 g/mol. The van der Waals surface area contributed by atoms with E-state index in [9.17, 15) is 9.59 Å². The molecule has 1 aromatic rings. The summed E-state index contributed by atoms with van der Waals surface area (Å²) in [7, 11) is 1.27. The summed E-state index contributed by atoms with van der Waals surface area (Å²) < 4.78 is 4.52. The van der Waals surface area contributed by atoms with Crippen LogP contribution in [-0.2, 0) is 9.53 Å². The number of hydrogen-bond donors (Lipinski definition) is 2. The van der Waals surface area contributed by atoms with Crippen molar-refractivity contribution in [3.8, 4) is 0 Å². The first-order chi connectivity index (χ1) is 7.95. The van der Waals surface area contributed by atoms with Gasteiger partial charge in [-0.15, -0.1) is 12.4 Å². The Balaban J connectivity index is 0.00000289. The molecule has 1 atom stereocenters. The number of nitrogens with one attached hydrogen (secondary N) is 1. The van der Waals surface area contributed by atoms with Gasteiger partial charge in [-0.05, 0) is 31.5 Å². The third-order valence-electron chi connectivity index (χ3n) is 2.41. The monoisotopic (exact) mass is 272 g/mol. The molecule has 0 spiro atoms. The number of rotatable bonds is 3. The number of nitrogen functional groups attached to an aromatic ring is 1. The van der Waals surface area contributed by atoms with Gasteiger partial charge < -0.3 is 15.8 Å². The average Bonchev–Trinajstić information content (AvgIpc) is 2.30. The Morgan fingerprint density at radius 3 is 2.56 bits per heavy atom. The van der Waals surface area contributed by atoms with Crippen LogP contribution in [0.3, 0.4) is 0 Å². The maximum absolute atomic E-state index is 11.9. The summed E-state index contributed by atoms with van der Waals surface area (Å²) in [5.74, 6) is -0.826. The summed E-state index contributed by atoms with van der Waals surface area (Å²) in [5, 5.41) is 2.55. The minimum absolute atomic E-state index is 0. The van der Waals surface area contributed by atoms with Crippen LogP contribution >= 0.6 is 12.4 Å². The van der Waals surface area contributed by atoms with E-state index in [-0.39, 0.29) is 18.3 Å². The first-order valence-electron chi connectivity index (χ1n) is 5.20. The van der Waals surface area contributed by atoms with Gasteiger partial charge >= 0.3 is 5.97 Å². The molecule has 1 amide bonds. The zero-order valence-corrected chi connectivity index (χ0v) is 11.3. The summed E-state index contributed by atoms with van der Waals surface area (Å²) in [6.45, 7) is 3.36. The Morgan fingerprint density at radius 2 is 2.00 bits per heavy atom. The molecule has 0 aliphatic carbocycles. The van der Waals surface area contributed by atoms with Gasteiger partial charge in [0.15, 0.2) is 0 Å². The number of amides is 1. The average molecular weight is 273 g/mol. The Bertz CT molecular complexity index is 449. The summed E-state index contributed by atoms with van der Waals surface area (Å²) >= 11 is 0. The normalized spacial score (nSPS) is 11.1. The minimum Gasteiger partial charge on any atom is -0.467 e. The zero-order chi connectivity index (χ0) is 13.0. The standard InChI is InChI=1S/C12H16N2O3.ClH/c1-7-4-5-9(13)6-10(7)11(15)14-8(2)12(16)17-3;/h4-6,8H,13H2,1-3H3,(H,14,15);1H/t8-;/m1./s1. The fraction of sp³-hybridized carbons (Fsp3) is 0.333. The number of halogens is 1. The SMILES string of the molecule is COC(=O)[C@@H](C)NC(=O)c1cc(N)ccc1C.Cl. The smallest absolute Gasteiger partial charge is 0.328 e. The first-order valence-corrected chi connectivity index (χ1v) is 5.20. The molecule has 0 saturated heterocycles. The highest BCUT2D eigenvalue weighted by atomic mass is 35.5. The van der Waals surface area contributed by atoms with Gasteiger partial charge in [-0.2, -0.15) is 0 Å². The van der Waals surface area contributed by atoms with Crippen molar-refractivity contribution in [3.63, 3.8) is 0 Å². The van der Waals surface area contributed by atoms with E-state index >= 15 is 0 Å². The molecule has 5 nitrogen and oxygen atoms in total. The molecule has 0 heterocycles. The number of carbonyl (C=O) groups excluding carboxylic acids is 2. The van der Waals surface area contributed by atoms with Gasteiger partial charge in [0.25, 0.3) is 5.91 Å². The minimum atomic E-state index is -0.687. The van der Waals surface area contributed by atoms with E-state index in [4.69, 9.17) is 5.73 Å². The lowest BCUT2D eigenvalue weighted by Gasteiger charge is -2.13. The van der Waals surface area contributed by atoms with Crippen molar-refractivity contribution in [1.29, 1.82) is 0 Å². The van der Waals surface area contributed by atoms with E-state index in [1.165, 1.54) is 7.11 Å². The molecular formula is C12H17ClN2O3. The summed E-state index contributed by atoms with van der Waals surface area (Å²) in [6.07, 6.45) is 0. The number of esters is 1. The van der Waals surface area contributed by atoms with Crippen LogP contribution in [0.5, 0.6) is 0 Å². The maximum Gasteiger partial charge on any atom is 0.328 e. The molecule has 0 unspecified atom stereocenters. The van der Waals surface area contributed by atoms with E-state index in [0.717, 1.165) is 5.56 Å². The predicted octanol–water partition coefficient (Wildman–Crippen LogP) is 1.29. The van der Waals surface area contributed by atoms with Crippen LogP contribution in [0.2, 0.25) is 0 Å². The third kappa shape index (κ3) is 3.92. The zero-order valence-electron chi connectivity index (χ0n) is 10.5. The summed E-state index contributed by atoms with van der Waals surface area (Å²) in [6, 6.07) is 4.37. The second-order valence-corrected chi connectivity index (χ2v) is 3.79. The highest BCUT2D eigenvalue weighted by Gasteiger charge is 2.17. The number of aryl methyl sites for hydroxylation is 1. The van der Waals surface area contributed by atoms with Gasteiger partial charge in [0.05, 0.1) is 7.11 Å². The Hall–Kier alpha value is -1.75. The molecule has 3 N–H and O–H groups in total. The molecule has 100 valence electrons. The van der Waals surface area contributed by atoms with Crippen LogP contribution in [-0.4, -0.2) is 25.0 Å². The second kappa shape index (κ2) is 6.86. The maximum atomic E-state index is 11.9. The van der Waals surface area contributed by atoms with Gasteiger partial charge in [0.1, 0.15) is 6.04 Å². The lowest BCUT2D eigenvalue weighted by molar-refractivity contribution is -0.142. The molecule has 0 aliphatic heterocycles. The van der Waals surface area contributed by atoms with E-state index < -0.39 is 12.0 Å². The third-order valence-corrected chi connectivity index (χ3v) is 2.41. The van der Waals surface area contributed by atoms with Gasteiger partial charge in [0.2, 0.25) is 0 Å². The largest absolute Gasteiger partial charge is 0.467 e. The fourth-order valence-electron chi connectivity index (χ4n) is 1.39. The number of ether oxygens (including phenoxy) is 1. The molecule has 0 fully saturated rings. The van der Waals surface area contributed by atoms with E-state index in [0.29, 0.717) is 11.3 Å². The van der Waals surface area contributed by atoms with Crippen molar-refractivity contribution in [2.75, 3.05) is 12.8 Å². The molecule has 0 bridgehead atoms. The van der Waals surface area contributed by atoms with Gasteiger partial charge in [-0.3, -0.25) is 4.79 Å². The van der Waals surface area contributed by atoms with Crippen molar-refractivity contribution >= 4 is 30.0 Å². The topological polar surface area (TPSA) is 81.4 Å². The van der Waals surface area contributed by atoms with Crippen molar-refractivity contribution in [2.45, 2.75) is 19.9 Å². The molecule has 6 heteroatoms. The molecule has 1 aromatic carbocycles. The van der Waals surface area contributed by atoms with E-state index in [2.05, 4.69) is 10.1 Å². The Labute approximate surface area is 112 Å². The highest BCUT2D eigenvalue weighted by molar-refractivity contribution is 5.98. The van der Waals surface area contributed by atoms with Crippen LogP contribution in [0, 0.1) is 6.92 Å². The number of methoxy groups -OCH3 is 1. The second-order valence-electron chi connectivity index (χ2n) is 3.79. The predicted molar refractivity (Wildman–Crippen MR) is 71.8 cm³/mol. The van der Waals surface area contributed by atoms with Crippen molar-refractivity contribution < 1.29 is 14.3 Å². The quantitative estimate of drug-likeness (QED) is 0.642. The number of hydrogen-bond acceptors (Lipinski definition) is 4. The van der Waals surface area contributed by atoms with Crippen LogP contribution in [0.15, 0.2) is 18.2 Å². The first kappa shape index (κ1) is 16.2. The number of anilines is 1. The molecule has 1 rings (SSSR count). The summed E-state index contributed by atoms with van der Waals surface area (Å²) in [4.78, 5) is 23.0. The van der Waals surface area contributed by atoms with Crippen molar-refractivity contribution in [1.82, 2.24) is 5.32 Å². The Kier molecular flexibility index (Phi) is 6.19. The lowest BCUT2D eigenvalue weighted by Crippen LogP contribution is -2.39. The number of carbonyl (C=O) groups is 2. The van der Waals surface area contributed by atoms with Gasteiger partial charge in [-0.25, -0.2) is 4.79 Å². The molecule has 0 radical (unpaired) electrons. The lowest BCUT2D eigenvalue weighted by atomic mass is 10.1. The van der Waals surface area contributed by atoms with Gasteiger partial charge in [0, 0.05) is 11.3 Å². The van der Waals surface area contributed by atoms with Crippen LogP contribution in [0.1, 0.15) is 22.8 Å². The highest BCUT2D eigenvalue weighted by Crippen LogP contribution is 2.12. The van der Waals surface area contributed by atoms with Crippen LogP contribution < -0.4 is 11.1 Å². The Morgan fingerprint density at radius 1 is 1.39 bits per heavy atom. The van der Waals surface area contributed by atoms with Crippen LogP contribution in [0.25, 0.3) is 0 Å². The molecule has 0 aromatic heterocycles. The number of benzene rings is 1.